The second-order valence-electron chi connectivity index (χ2n) is 5.48. The van der Waals surface area contributed by atoms with Gasteiger partial charge in [0.2, 0.25) is 0 Å². The minimum absolute atomic E-state index is 0.0222. The third kappa shape index (κ3) is 5.47. The van der Waals surface area contributed by atoms with Gasteiger partial charge in [0, 0.05) is 13.0 Å². The van der Waals surface area contributed by atoms with Gasteiger partial charge in [0.25, 0.3) is 5.91 Å². The number of rotatable bonds is 7. The van der Waals surface area contributed by atoms with E-state index in [0.717, 1.165) is 15.6 Å². The van der Waals surface area contributed by atoms with Gasteiger partial charge < -0.3 is 20.4 Å². The van der Waals surface area contributed by atoms with Gasteiger partial charge in [-0.15, -0.1) is 0 Å². The van der Waals surface area contributed by atoms with E-state index in [9.17, 15) is 9.90 Å². The van der Waals surface area contributed by atoms with Crippen LogP contribution < -0.4 is 10.1 Å². The number of oxime groups is 1. The highest BCUT2D eigenvalue weighted by Gasteiger charge is 2.14. The molecule has 3 N–H and O–H groups in total. The Bertz CT molecular complexity index is 825. The number of hydrogen-bond acceptors (Lipinski definition) is 5. The van der Waals surface area contributed by atoms with E-state index in [1.54, 1.807) is 37.4 Å². The van der Waals surface area contributed by atoms with E-state index in [-0.39, 0.29) is 17.9 Å². The molecule has 0 radical (unpaired) electrons. The summed E-state index contributed by atoms with van der Waals surface area (Å²) in [6, 6.07) is 10.5. The van der Waals surface area contributed by atoms with Crippen LogP contribution in [-0.2, 0) is 17.6 Å². The number of carbonyl (C=O) groups is 1. The van der Waals surface area contributed by atoms with Crippen molar-refractivity contribution in [3.8, 4) is 11.5 Å². The molecule has 2 rings (SSSR count). The maximum absolute atomic E-state index is 12.2. The molecule has 2 aromatic carbocycles. The average Bonchev–Trinajstić information content (AvgIpc) is 2.62. The van der Waals surface area contributed by atoms with E-state index in [0.29, 0.717) is 23.2 Å². The zero-order valence-electron chi connectivity index (χ0n) is 14.0. The largest absolute Gasteiger partial charge is 0.507 e. The predicted molar refractivity (Wildman–Crippen MR) is 106 cm³/mol. The third-order valence-electron chi connectivity index (χ3n) is 3.68. The SMILES string of the molecule is COc1ccc(C/C(=N/O)C(=O)NCCc2ccc(O)c(Br)c2)cc1Br. The number of phenolic OH excluding ortho intramolecular Hbond substituents is 1. The summed E-state index contributed by atoms with van der Waals surface area (Å²) < 4.78 is 6.52. The van der Waals surface area contributed by atoms with Crippen LogP contribution in [0.5, 0.6) is 11.5 Å². The second-order valence-corrected chi connectivity index (χ2v) is 7.19. The van der Waals surface area contributed by atoms with Gasteiger partial charge in [0.1, 0.15) is 17.2 Å². The predicted octanol–water partition coefficient (Wildman–Crippen LogP) is 3.66. The lowest BCUT2D eigenvalue weighted by Crippen LogP contribution is -2.33. The van der Waals surface area contributed by atoms with Crippen molar-refractivity contribution in [3.05, 3.63) is 56.5 Å². The Morgan fingerprint density at radius 3 is 2.46 bits per heavy atom. The van der Waals surface area contributed by atoms with Gasteiger partial charge in [-0.2, -0.15) is 0 Å². The summed E-state index contributed by atoms with van der Waals surface area (Å²) in [6.07, 6.45) is 0.771. The number of benzene rings is 2. The van der Waals surface area contributed by atoms with Gasteiger partial charge >= 0.3 is 0 Å². The molecule has 0 aromatic heterocycles. The lowest BCUT2D eigenvalue weighted by atomic mass is 10.1. The highest BCUT2D eigenvalue weighted by atomic mass is 79.9. The van der Waals surface area contributed by atoms with Gasteiger partial charge in [0.05, 0.1) is 16.1 Å². The fourth-order valence-electron chi connectivity index (χ4n) is 2.30. The van der Waals surface area contributed by atoms with Gasteiger partial charge in [-0.05, 0) is 73.7 Å². The first-order chi connectivity index (χ1) is 12.4. The van der Waals surface area contributed by atoms with Gasteiger partial charge in [-0.3, -0.25) is 4.79 Å². The molecular weight excluding hydrogens is 468 g/mol. The lowest BCUT2D eigenvalue weighted by Gasteiger charge is -2.09. The summed E-state index contributed by atoms with van der Waals surface area (Å²) >= 11 is 6.64. The van der Waals surface area contributed by atoms with Crippen LogP contribution in [-0.4, -0.2) is 35.6 Å². The van der Waals surface area contributed by atoms with Crippen LogP contribution in [0.2, 0.25) is 0 Å². The molecule has 0 saturated carbocycles. The molecule has 0 spiro atoms. The molecule has 0 heterocycles. The molecule has 0 fully saturated rings. The molecule has 138 valence electrons. The smallest absolute Gasteiger partial charge is 0.269 e. The molecule has 0 aliphatic rings. The van der Waals surface area contributed by atoms with Crippen molar-refractivity contribution in [1.82, 2.24) is 5.32 Å². The molecule has 2 aromatic rings. The van der Waals surface area contributed by atoms with E-state index in [1.165, 1.54) is 0 Å². The summed E-state index contributed by atoms with van der Waals surface area (Å²) in [4.78, 5) is 12.2. The van der Waals surface area contributed by atoms with Crippen LogP contribution >= 0.6 is 31.9 Å². The number of carbonyl (C=O) groups excluding carboxylic acids is 1. The van der Waals surface area contributed by atoms with Crippen LogP contribution in [0.25, 0.3) is 0 Å². The Kier molecular flexibility index (Phi) is 7.47. The van der Waals surface area contributed by atoms with Crippen LogP contribution in [0, 0.1) is 0 Å². The van der Waals surface area contributed by atoms with E-state index in [4.69, 9.17) is 9.94 Å². The fraction of sp³-hybridized carbons (Fsp3) is 0.222. The zero-order chi connectivity index (χ0) is 19.1. The average molecular weight is 486 g/mol. The number of aromatic hydroxyl groups is 1. The molecule has 0 saturated heterocycles. The van der Waals surface area contributed by atoms with Crippen molar-refractivity contribution >= 4 is 43.5 Å². The highest BCUT2D eigenvalue weighted by molar-refractivity contribution is 9.10. The Morgan fingerprint density at radius 1 is 1.15 bits per heavy atom. The monoisotopic (exact) mass is 484 g/mol. The standard InChI is InChI=1S/C18H18Br2N2O4/c1-26-17-5-3-12(9-14(17)20)10-15(22-25)18(24)21-7-6-11-2-4-16(23)13(19)8-11/h2-5,8-9,23,25H,6-7,10H2,1H3,(H,21,24)/b22-15-. The van der Waals surface area contributed by atoms with Gasteiger partial charge in [-0.25, -0.2) is 0 Å². The third-order valence-corrected chi connectivity index (χ3v) is 4.94. The fourth-order valence-corrected chi connectivity index (χ4v) is 3.32. The second kappa shape index (κ2) is 9.59. The van der Waals surface area contributed by atoms with Crippen LogP contribution in [0.4, 0.5) is 0 Å². The molecule has 0 aliphatic heterocycles. The summed E-state index contributed by atoms with van der Waals surface area (Å²) in [5, 5.41) is 24.5. The number of amides is 1. The number of methoxy groups -OCH3 is 1. The molecule has 26 heavy (non-hydrogen) atoms. The topological polar surface area (TPSA) is 91.2 Å². The number of halogens is 2. The molecule has 6 nitrogen and oxygen atoms in total. The van der Waals surface area contributed by atoms with Crippen molar-refractivity contribution < 1.29 is 19.8 Å². The lowest BCUT2D eigenvalue weighted by molar-refractivity contribution is -0.115. The Labute approximate surface area is 168 Å². The first-order valence-corrected chi connectivity index (χ1v) is 9.32. The van der Waals surface area contributed by atoms with E-state index < -0.39 is 5.91 Å². The van der Waals surface area contributed by atoms with Crippen molar-refractivity contribution in [2.24, 2.45) is 5.16 Å². The van der Waals surface area contributed by atoms with Crippen molar-refractivity contribution in [3.63, 3.8) is 0 Å². The molecule has 0 unspecified atom stereocenters. The van der Waals surface area contributed by atoms with Gasteiger partial charge in [-0.1, -0.05) is 17.3 Å². The van der Waals surface area contributed by atoms with Crippen molar-refractivity contribution in [1.29, 1.82) is 0 Å². The van der Waals surface area contributed by atoms with Crippen LogP contribution in [0.15, 0.2) is 50.5 Å². The summed E-state index contributed by atoms with van der Waals surface area (Å²) in [6.45, 7) is 0.376. The maximum Gasteiger partial charge on any atom is 0.269 e. The molecule has 0 bridgehead atoms. The number of nitrogens with one attached hydrogen (secondary N) is 1. The number of hydrogen-bond donors (Lipinski definition) is 3. The van der Waals surface area contributed by atoms with E-state index in [2.05, 4.69) is 42.3 Å². The Balaban J connectivity index is 1.92. The summed E-state index contributed by atoms with van der Waals surface area (Å²) in [5.74, 6) is 0.413. The molecule has 0 aliphatic carbocycles. The number of phenols is 1. The first-order valence-electron chi connectivity index (χ1n) is 7.73. The maximum atomic E-state index is 12.2. The summed E-state index contributed by atoms with van der Waals surface area (Å²) in [7, 11) is 1.57. The highest BCUT2D eigenvalue weighted by Crippen LogP contribution is 2.26. The van der Waals surface area contributed by atoms with Crippen molar-refractivity contribution in [2.75, 3.05) is 13.7 Å². The number of nitrogens with zero attached hydrogens (tertiary/aromatic N) is 1. The van der Waals surface area contributed by atoms with E-state index >= 15 is 0 Å². The molecule has 1 amide bonds. The number of ether oxygens (including phenoxy) is 1. The van der Waals surface area contributed by atoms with E-state index in [1.807, 2.05) is 6.07 Å². The Morgan fingerprint density at radius 2 is 1.85 bits per heavy atom. The molecule has 8 heteroatoms. The first kappa shape index (κ1) is 20.3. The van der Waals surface area contributed by atoms with Crippen LogP contribution in [0.3, 0.4) is 0 Å². The van der Waals surface area contributed by atoms with Crippen molar-refractivity contribution in [2.45, 2.75) is 12.8 Å². The van der Waals surface area contributed by atoms with Gasteiger partial charge in [0.15, 0.2) is 0 Å². The minimum Gasteiger partial charge on any atom is -0.507 e. The normalized spacial score (nSPS) is 11.3. The summed E-state index contributed by atoms with van der Waals surface area (Å²) in [5.41, 5.74) is 1.79. The molecular formula is C18H18Br2N2O4. The minimum atomic E-state index is -0.433. The Hall–Kier alpha value is -2.06. The quantitative estimate of drug-likeness (QED) is 0.317. The molecule has 0 atom stereocenters. The zero-order valence-corrected chi connectivity index (χ0v) is 17.2. The van der Waals surface area contributed by atoms with Crippen LogP contribution in [0.1, 0.15) is 11.1 Å².